The molecule has 4 nitrogen and oxygen atoms in total. The molecule has 0 bridgehead atoms. The van der Waals surface area contributed by atoms with E-state index in [4.69, 9.17) is 0 Å². The summed E-state index contributed by atoms with van der Waals surface area (Å²) in [6.45, 7) is 0. The van der Waals surface area contributed by atoms with E-state index >= 15 is 0 Å². The van der Waals surface area contributed by atoms with Crippen molar-refractivity contribution in [1.82, 2.24) is 19.7 Å². The lowest BCUT2D eigenvalue weighted by molar-refractivity contribution is 0.975. The molecule has 5 heteroatoms. The monoisotopic (exact) mass is 256 g/mol. The molecule has 1 aromatic carbocycles. The van der Waals surface area contributed by atoms with Gasteiger partial charge in [-0.15, -0.1) is 11.8 Å². The van der Waals surface area contributed by atoms with Gasteiger partial charge in [-0.25, -0.2) is 4.98 Å². The highest BCUT2D eigenvalue weighted by Gasteiger charge is 2.15. The van der Waals surface area contributed by atoms with Crippen molar-refractivity contribution in [2.75, 3.05) is 6.26 Å². The van der Waals surface area contributed by atoms with Gasteiger partial charge in [0.1, 0.15) is 10.7 Å². The summed E-state index contributed by atoms with van der Waals surface area (Å²) in [6.07, 6.45) is 7.51. The Morgan fingerprint density at radius 1 is 1.22 bits per heavy atom. The van der Waals surface area contributed by atoms with Gasteiger partial charge in [0.15, 0.2) is 0 Å². The lowest BCUT2D eigenvalue weighted by atomic mass is 10.1. The van der Waals surface area contributed by atoms with Crippen molar-refractivity contribution >= 4 is 11.8 Å². The van der Waals surface area contributed by atoms with Gasteiger partial charge in [-0.05, 0) is 6.26 Å². The maximum atomic E-state index is 4.36. The fraction of sp³-hybridized carbons (Fsp3) is 0.0769. The van der Waals surface area contributed by atoms with E-state index in [1.807, 2.05) is 35.2 Å². The van der Waals surface area contributed by atoms with Crippen LogP contribution >= 0.6 is 11.8 Å². The van der Waals surface area contributed by atoms with Crippen molar-refractivity contribution in [2.45, 2.75) is 5.03 Å². The second-order valence-corrected chi connectivity index (χ2v) is 4.59. The minimum atomic E-state index is 0.965. The first-order valence-corrected chi connectivity index (χ1v) is 6.78. The smallest absolute Gasteiger partial charge is 0.142 e. The Hall–Kier alpha value is -2.01. The zero-order valence-corrected chi connectivity index (χ0v) is 10.7. The molecule has 0 amide bonds. The lowest BCUT2D eigenvalue weighted by Gasteiger charge is -2.05. The van der Waals surface area contributed by atoms with Crippen molar-refractivity contribution in [2.24, 2.45) is 0 Å². The summed E-state index contributed by atoms with van der Waals surface area (Å²) >= 11 is 1.62. The Bertz CT molecular complexity index is 628. The zero-order valence-electron chi connectivity index (χ0n) is 9.87. The molecule has 0 radical (unpaired) electrons. The topological polar surface area (TPSA) is 46.5 Å². The molecule has 3 aromatic rings. The molecule has 0 saturated heterocycles. The minimum absolute atomic E-state index is 0.965. The molecular weight excluding hydrogens is 244 g/mol. The average Bonchev–Trinajstić information content (AvgIpc) is 3.08. The Morgan fingerprint density at radius 2 is 2.06 bits per heavy atom. The van der Waals surface area contributed by atoms with Gasteiger partial charge in [0, 0.05) is 18.0 Å². The maximum absolute atomic E-state index is 4.36. The highest BCUT2D eigenvalue weighted by Crippen LogP contribution is 2.31. The highest BCUT2D eigenvalue weighted by molar-refractivity contribution is 7.98. The fourth-order valence-electron chi connectivity index (χ4n) is 1.90. The summed E-state index contributed by atoms with van der Waals surface area (Å²) in [5, 5.41) is 8.43. The van der Waals surface area contributed by atoms with Crippen LogP contribution in [-0.2, 0) is 0 Å². The number of nitrogens with zero attached hydrogens (tertiary/aromatic N) is 3. The number of benzene rings is 1. The van der Waals surface area contributed by atoms with E-state index in [9.17, 15) is 0 Å². The molecule has 0 aliphatic rings. The van der Waals surface area contributed by atoms with Crippen LogP contribution in [0.5, 0.6) is 0 Å². The molecule has 0 spiro atoms. The number of hydrogen-bond acceptors (Lipinski definition) is 3. The van der Waals surface area contributed by atoms with Crippen LogP contribution in [0.3, 0.4) is 0 Å². The molecule has 0 atom stereocenters. The molecule has 0 fully saturated rings. The van der Waals surface area contributed by atoms with Crippen LogP contribution in [-0.4, -0.2) is 26.0 Å². The van der Waals surface area contributed by atoms with Crippen molar-refractivity contribution in [3.63, 3.8) is 0 Å². The first-order chi connectivity index (χ1) is 8.90. The van der Waals surface area contributed by atoms with Gasteiger partial charge in [-0.3, -0.25) is 5.10 Å². The molecule has 3 rings (SSSR count). The van der Waals surface area contributed by atoms with Crippen molar-refractivity contribution in [1.29, 1.82) is 0 Å². The van der Waals surface area contributed by atoms with Gasteiger partial charge < -0.3 is 4.57 Å². The number of aromatic nitrogens is 4. The second-order valence-electron chi connectivity index (χ2n) is 3.79. The van der Waals surface area contributed by atoms with Crippen LogP contribution in [0.2, 0.25) is 0 Å². The van der Waals surface area contributed by atoms with Gasteiger partial charge in [-0.1, -0.05) is 30.3 Å². The third kappa shape index (κ3) is 1.82. The summed E-state index contributed by atoms with van der Waals surface area (Å²) in [4.78, 5) is 4.10. The minimum Gasteiger partial charge on any atom is -0.302 e. The Balaban J connectivity index is 2.20. The normalized spacial score (nSPS) is 10.7. The molecule has 2 aromatic heterocycles. The number of H-pyrrole nitrogens is 1. The van der Waals surface area contributed by atoms with Crippen LogP contribution in [0.15, 0.2) is 54.1 Å². The average molecular weight is 256 g/mol. The van der Waals surface area contributed by atoms with E-state index in [0.717, 1.165) is 22.0 Å². The molecule has 0 saturated carbocycles. The molecule has 1 N–H and O–H groups in total. The summed E-state index contributed by atoms with van der Waals surface area (Å²) in [5.41, 5.74) is 3.18. The molecule has 0 aliphatic heterocycles. The summed E-state index contributed by atoms with van der Waals surface area (Å²) in [7, 11) is 0. The summed E-state index contributed by atoms with van der Waals surface area (Å²) in [6, 6.07) is 10.2. The van der Waals surface area contributed by atoms with Crippen LogP contribution in [0.4, 0.5) is 0 Å². The Morgan fingerprint density at radius 3 is 2.72 bits per heavy atom. The van der Waals surface area contributed by atoms with Crippen molar-refractivity contribution in [3.05, 3.63) is 49.1 Å². The van der Waals surface area contributed by atoms with Crippen LogP contribution in [0, 0.1) is 0 Å². The number of nitrogens with one attached hydrogen (secondary N) is 1. The molecule has 0 unspecified atom stereocenters. The van der Waals surface area contributed by atoms with Gasteiger partial charge in [0.2, 0.25) is 0 Å². The SMILES string of the molecule is CSc1n[nH]c(-c2ccccc2)c1-n1ccnc1. The van der Waals surface area contributed by atoms with Gasteiger partial charge >= 0.3 is 0 Å². The first-order valence-electron chi connectivity index (χ1n) is 5.56. The number of rotatable bonds is 3. The predicted octanol–water partition coefficient (Wildman–Crippen LogP) is 2.98. The van der Waals surface area contributed by atoms with E-state index in [-0.39, 0.29) is 0 Å². The van der Waals surface area contributed by atoms with Gasteiger partial charge in [0.05, 0.1) is 12.0 Å². The Kier molecular flexibility index (Phi) is 2.90. The van der Waals surface area contributed by atoms with Crippen LogP contribution in [0.25, 0.3) is 16.9 Å². The molecule has 90 valence electrons. The Labute approximate surface area is 109 Å². The van der Waals surface area contributed by atoms with Crippen LogP contribution in [0.1, 0.15) is 0 Å². The molecule has 2 heterocycles. The number of hydrogen-bond donors (Lipinski definition) is 1. The van der Waals surface area contributed by atoms with Crippen LogP contribution < -0.4 is 0 Å². The zero-order chi connectivity index (χ0) is 12.4. The summed E-state index contributed by atoms with van der Waals surface area (Å²) < 4.78 is 1.98. The lowest BCUT2D eigenvalue weighted by Crippen LogP contribution is -1.93. The number of aromatic amines is 1. The third-order valence-corrected chi connectivity index (χ3v) is 3.40. The predicted molar refractivity (Wildman–Crippen MR) is 72.9 cm³/mol. The highest BCUT2D eigenvalue weighted by atomic mass is 32.2. The number of imidazole rings is 1. The fourth-order valence-corrected chi connectivity index (χ4v) is 2.44. The molecular formula is C13H12N4S. The van der Waals surface area contributed by atoms with E-state index in [2.05, 4.69) is 27.3 Å². The molecule has 0 aliphatic carbocycles. The van der Waals surface area contributed by atoms with Crippen molar-refractivity contribution in [3.8, 4) is 16.9 Å². The number of thioether (sulfide) groups is 1. The van der Waals surface area contributed by atoms with E-state index in [0.29, 0.717) is 0 Å². The third-order valence-electron chi connectivity index (χ3n) is 2.73. The van der Waals surface area contributed by atoms with Gasteiger partial charge in [0.25, 0.3) is 0 Å². The van der Waals surface area contributed by atoms with Gasteiger partial charge in [-0.2, -0.15) is 5.10 Å². The first kappa shape index (κ1) is 11.1. The standard InChI is InChI=1S/C13H12N4S/c1-18-13-12(17-8-7-14-9-17)11(15-16-13)10-5-3-2-4-6-10/h2-9H,1H3,(H,15,16). The maximum Gasteiger partial charge on any atom is 0.142 e. The van der Waals surface area contributed by atoms with E-state index in [1.54, 1.807) is 24.3 Å². The largest absolute Gasteiger partial charge is 0.302 e. The molecule has 18 heavy (non-hydrogen) atoms. The van der Waals surface area contributed by atoms with E-state index < -0.39 is 0 Å². The quantitative estimate of drug-likeness (QED) is 0.733. The van der Waals surface area contributed by atoms with Crippen molar-refractivity contribution < 1.29 is 0 Å². The second kappa shape index (κ2) is 4.70. The van der Waals surface area contributed by atoms with E-state index in [1.165, 1.54) is 0 Å². The summed E-state index contributed by atoms with van der Waals surface area (Å²) in [5.74, 6) is 0.